The highest BCUT2D eigenvalue weighted by Gasteiger charge is 2.76. The van der Waals surface area contributed by atoms with Crippen LogP contribution in [0.25, 0.3) is 0 Å². The van der Waals surface area contributed by atoms with Gasteiger partial charge in [-0.25, -0.2) is 0 Å². The minimum Gasteiger partial charge on any atom is -0.393 e. The Balaban J connectivity index is 0.596. The average molecular weight is 1080 g/mol. The van der Waals surface area contributed by atoms with Crippen molar-refractivity contribution in [2.75, 3.05) is 84.0 Å². The number of carbonyl (C=O) groups is 6. The van der Waals surface area contributed by atoms with E-state index in [1.54, 1.807) is 17.1 Å². The number of ether oxygens (including phenoxy) is 7. The van der Waals surface area contributed by atoms with Crippen molar-refractivity contribution >= 4 is 40.9 Å². The van der Waals surface area contributed by atoms with E-state index >= 15 is 0 Å². The molecule has 18 nitrogen and oxygen atoms in total. The van der Waals surface area contributed by atoms with Crippen molar-refractivity contribution in [3.05, 3.63) is 89.0 Å². The molecule has 78 heavy (non-hydrogen) atoms. The normalized spacial score (nSPS) is 29.2. The largest absolute Gasteiger partial charge is 0.393 e. The smallest absolute Gasteiger partial charge is 0.244 e. The van der Waals surface area contributed by atoms with Gasteiger partial charge in [-0.1, -0.05) is 81.0 Å². The fourth-order valence-electron chi connectivity index (χ4n) is 13.3. The first-order valence-electron chi connectivity index (χ1n) is 28.0. The summed E-state index contributed by atoms with van der Waals surface area (Å²) in [6, 6.07) is 15.3. The minimum atomic E-state index is -1.32. The van der Waals surface area contributed by atoms with E-state index in [1.807, 2.05) is 61.5 Å². The number of aliphatic hydroxyl groups excluding tert-OH is 1. The molecule has 4 amide bonds. The Kier molecular flexibility index (Phi) is 18.8. The number of nitrogens with zero attached hydrogens (tertiary/aromatic N) is 2. The molecule has 18 heteroatoms. The number of hydrogen-bond donors (Lipinski definition) is 3. The molecule has 420 valence electrons. The van der Waals surface area contributed by atoms with Gasteiger partial charge in [0.05, 0.1) is 83.8 Å². The molecule has 3 N–H and O–H groups in total. The summed E-state index contributed by atoms with van der Waals surface area (Å²) in [5.74, 6) is 5.12. The third-order valence-electron chi connectivity index (χ3n) is 17.3. The number of anilines is 1. The van der Waals surface area contributed by atoms with Crippen LogP contribution in [0.1, 0.15) is 102 Å². The second kappa shape index (κ2) is 25.7. The number of Topliss-reactive ketones (excluding diaryl/α,β-unsaturated/α-hetero) is 1. The number of nitrogens with one attached hydrogen (secondary N) is 2. The van der Waals surface area contributed by atoms with Crippen molar-refractivity contribution in [2.24, 2.45) is 28.6 Å². The molecule has 0 bridgehead atoms. The van der Waals surface area contributed by atoms with Crippen molar-refractivity contribution in [3.63, 3.8) is 0 Å². The Morgan fingerprint density at radius 1 is 0.821 bits per heavy atom. The van der Waals surface area contributed by atoms with Gasteiger partial charge in [-0.2, -0.15) is 0 Å². The summed E-state index contributed by atoms with van der Waals surface area (Å²) in [7, 11) is 0. The number of benzene rings is 2. The molecule has 5 fully saturated rings. The summed E-state index contributed by atoms with van der Waals surface area (Å²) in [4.78, 5) is 82.0. The van der Waals surface area contributed by atoms with Gasteiger partial charge in [0.1, 0.15) is 12.8 Å². The molecule has 9 rings (SSSR count). The third-order valence-corrected chi connectivity index (χ3v) is 17.3. The molecule has 2 saturated heterocycles. The SMILES string of the molecule is CCCC1O[C@@H]2C[C@H]3[C@@H]4CCC5=CC(=O)C=C[C@]5(C)C4[C@@H](O)C[C@]3(C)[C@]2(C(=O)COC2CCN2C(=O)CNC(=O)CCOCCOCCOCCOCCNC(=O)CCC(=O)N2Cc3ccccc3C#Cc3ccccc32)O1. The Morgan fingerprint density at radius 3 is 2.26 bits per heavy atom. The zero-order chi connectivity index (χ0) is 54.9. The van der Waals surface area contributed by atoms with Crippen LogP contribution in [-0.4, -0.2) is 155 Å². The Hall–Kier alpha value is -5.62. The van der Waals surface area contributed by atoms with Gasteiger partial charge in [-0.3, -0.25) is 28.8 Å². The van der Waals surface area contributed by atoms with Crippen molar-refractivity contribution in [1.29, 1.82) is 0 Å². The maximum atomic E-state index is 14.7. The Bertz CT molecular complexity index is 2660. The molecule has 0 aromatic heterocycles. The zero-order valence-corrected chi connectivity index (χ0v) is 45.3. The summed E-state index contributed by atoms with van der Waals surface area (Å²) in [5, 5.41) is 17.5. The molecule has 3 unspecified atom stereocenters. The number of ketones is 2. The quantitative estimate of drug-likeness (QED) is 0.0859. The number of fused-ring (bicyclic) bond motifs is 9. The fourth-order valence-corrected chi connectivity index (χ4v) is 13.3. The number of para-hydroxylation sites is 1. The van der Waals surface area contributed by atoms with Gasteiger partial charge in [-0.15, -0.1) is 0 Å². The summed E-state index contributed by atoms with van der Waals surface area (Å²) >= 11 is 0. The average Bonchev–Trinajstić information content (AvgIpc) is 3.07. The number of hydrogen-bond acceptors (Lipinski definition) is 14. The summed E-state index contributed by atoms with van der Waals surface area (Å²) in [6.07, 6.45) is 7.62. The van der Waals surface area contributed by atoms with Crippen molar-refractivity contribution in [2.45, 2.75) is 122 Å². The molecule has 0 radical (unpaired) electrons. The van der Waals surface area contributed by atoms with E-state index in [2.05, 4.69) is 36.3 Å². The van der Waals surface area contributed by atoms with Crippen LogP contribution in [0.3, 0.4) is 0 Å². The van der Waals surface area contributed by atoms with Gasteiger partial charge in [0.15, 0.2) is 23.5 Å². The number of rotatable bonds is 26. The number of aliphatic hydroxyl groups is 1. The van der Waals surface area contributed by atoms with Crippen LogP contribution in [0.2, 0.25) is 0 Å². The fraction of sp³-hybridized carbons (Fsp3) is 0.600. The third kappa shape index (κ3) is 12.2. The predicted octanol–water partition coefficient (Wildman–Crippen LogP) is 4.72. The van der Waals surface area contributed by atoms with Gasteiger partial charge in [-0.05, 0) is 79.9 Å². The van der Waals surface area contributed by atoms with Crippen molar-refractivity contribution in [3.8, 4) is 11.8 Å². The van der Waals surface area contributed by atoms with E-state index in [9.17, 15) is 33.9 Å². The Morgan fingerprint density at radius 2 is 1.51 bits per heavy atom. The molecule has 3 heterocycles. The molecule has 2 aromatic carbocycles. The van der Waals surface area contributed by atoms with Crippen LogP contribution in [0.5, 0.6) is 0 Å². The first-order chi connectivity index (χ1) is 37.8. The van der Waals surface area contributed by atoms with Crippen LogP contribution in [0.4, 0.5) is 5.69 Å². The maximum Gasteiger partial charge on any atom is 0.244 e. The number of likely N-dealkylation sites (tertiary alicyclic amines) is 1. The molecule has 3 aliphatic heterocycles. The topological polar surface area (TPSA) is 218 Å². The van der Waals surface area contributed by atoms with Crippen LogP contribution >= 0.6 is 0 Å². The zero-order valence-electron chi connectivity index (χ0n) is 45.3. The molecular formula is C60H76N4O14. The molecule has 0 spiro atoms. The second-order valence-electron chi connectivity index (χ2n) is 21.9. The molecule has 3 saturated carbocycles. The maximum absolute atomic E-state index is 14.7. The van der Waals surface area contributed by atoms with Crippen LogP contribution < -0.4 is 15.5 Å². The minimum absolute atomic E-state index is 0.0179. The Labute approximate surface area is 457 Å². The molecule has 2 aromatic rings. The monoisotopic (exact) mass is 1080 g/mol. The van der Waals surface area contributed by atoms with E-state index < -0.39 is 41.2 Å². The highest BCUT2D eigenvalue weighted by atomic mass is 16.7. The summed E-state index contributed by atoms with van der Waals surface area (Å²) in [6.45, 7) is 9.26. The van der Waals surface area contributed by atoms with Crippen LogP contribution in [-0.2, 0) is 68.5 Å². The number of amides is 4. The summed E-state index contributed by atoms with van der Waals surface area (Å²) < 4.78 is 41.7. The standard InChI is InChI=1S/C60H76N4O14/c1-4-9-56-77-50-35-46-45-17-16-43-34-44(65)20-23-58(43,2)57(45)48(66)36-59(46,3)60(50,78-56)49(67)39-76-55-21-25-63(55)54(71)37-62-52(69)22-26-72-28-30-74-32-33-75-31-29-73-27-24-61-51(68)18-19-53(70)64-38-42-12-6-5-10-40(42)14-15-41-11-7-8-13-47(41)64/h5-8,10-13,20,23,34,45-46,48,50,55-57,66H,4,9,16-19,21-22,24-33,35-39H2,1-3H3,(H,61,68)(H,62,69)/t45-,46-,48-,50+,55?,56?,57?,58-,59-,60+/m0/s1. The van der Waals surface area contributed by atoms with E-state index in [0.717, 1.165) is 47.2 Å². The van der Waals surface area contributed by atoms with Gasteiger partial charge in [0, 0.05) is 66.6 Å². The van der Waals surface area contributed by atoms with E-state index in [0.29, 0.717) is 85.0 Å². The van der Waals surface area contributed by atoms with Gasteiger partial charge >= 0.3 is 0 Å². The number of carbonyl (C=O) groups excluding carboxylic acids is 6. The van der Waals surface area contributed by atoms with Crippen molar-refractivity contribution in [1.82, 2.24) is 15.5 Å². The first kappa shape index (κ1) is 57.1. The molecule has 7 aliphatic rings. The van der Waals surface area contributed by atoms with Gasteiger partial charge in [0.2, 0.25) is 23.6 Å². The number of allylic oxidation sites excluding steroid dienone is 4. The lowest BCUT2D eigenvalue weighted by atomic mass is 9.46. The van der Waals surface area contributed by atoms with E-state index in [1.165, 1.54) is 4.90 Å². The second-order valence-corrected chi connectivity index (χ2v) is 21.9. The van der Waals surface area contributed by atoms with Crippen LogP contribution in [0.15, 0.2) is 72.3 Å². The van der Waals surface area contributed by atoms with E-state index in [-0.39, 0.29) is 98.6 Å². The highest BCUT2D eigenvalue weighted by Crippen LogP contribution is 2.69. The summed E-state index contributed by atoms with van der Waals surface area (Å²) in [5.41, 5.74) is 1.89. The van der Waals surface area contributed by atoms with Gasteiger partial charge in [0.25, 0.3) is 0 Å². The molecule has 10 atom stereocenters. The lowest BCUT2D eigenvalue weighted by Gasteiger charge is -2.59. The lowest BCUT2D eigenvalue weighted by molar-refractivity contribution is -0.206. The molecular weight excluding hydrogens is 1000 g/mol. The first-order valence-corrected chi connectivity index (χ1v) is 28.0. The van der Waals surface area contributed by atoms with Crippen molar-refractivity contribution < 1.29 is 67.0 Å². The molecule has 4 aliphatic carbocycles. The predicted molar refractivity (Wildman–Crippen MR) is 285 cm³/mol. The lowest BCUT2D eigenvalue weighted by Crippen LogP contribution is -2.64. The van der Waals surface area contributed by atoms with Crippen LogP contribution in [0, 0.1) is 40.4 Å². The van der Waals surface area contributed by atoms with E-state index in [4.69, 9.17) is 33.2 Å². The van der Waals surface area contributed by atoms with Gasteiger partial charge < -0.3 is 58.7 Å². The highest BCUT2D eigenvalue weighted by molar-refractivity contribution is 6.01.